The molecule has 1 amide bonds. The summed E-state index contributed by atoms with van der Waals surface area (Å²) in [5.74, 6) is -1.28. The van der Waals surface area contributed by atoms with Gasteiger partial charge in [0.25, 0.3) is 5.91 Å². The lowest BCUT2D eigenvalue weighted by Gasteiger charge is -2.22. The summed E-state index contributed by atoms with van der Waals surface area (Å²) in [6.45, 7) is 0.793. The Kier molecular flexibility index (Phi) is 4.94. The molecule has 2 N–H and O–H groups in total. The van der Waals surface area contributed by atoms with E-state index < -0.39 is 5.82 Å². The summed E-state index contributed by atoms with van der Waals surface area (Å²) < 4.78 is 25.9. The molecule has 110 valence electrons. The molecule has 0 aliphatic carbocycles. The average molecular weight is 291 g/mol. The van der Waals surface area contributed by atoms with E-state index in [0.717, 1.165) is 6.20 Å². The molecule has 4 nitrogen and oxygen atoms in total. The van der Waals surface area contributed by atoms with Gasteiger partial charge in [0, 0.05) is 12.2 Å². The lowest BCUT2D eigenvalue weighted by molar-refractivity contribution is 0.0982. The fourth-order valence-electron chi connectivity index (χ4n) is 1.86. The van der Waals surface area contributed by atoms with Crippen LogP contribution < -0.4 is 10.6 Å². The number of hydrogen-bond donors (Lipinski definition) is 1. The van der Waals surface area contributed by atoms with Crippen molar-refractivity contribution in [3.63, 3.8) is 0 Å². The SMILES string of the molecule is NCCCN(C(=O)c1ccc(F)cn1)c1ccc(F)cc1. The molecule has 0 fully saturated rings. The van der Waals surface area contributed by atoms with Crippen LogP contribution in [0.15, 0.2) is 42.6 Å². The quantitative estimate of drug-likeness (QED) is 0.920. The van der Waals surface area contributed by atoms with Gasteiger partial charge in [-0.15, -0.1) is 0 Å². The third-order valence-electron chi connectivity index (χ3n) is 2.92. The first kappa shape index (κ1) is 15.1. The Morgan fingerprint density at radius 2 is 1.76 bits per heavy atom. The summed E-state index contributed by atoms with van der Waals surface area (Å²) in [5, 5.41) is 0. The lowest BCUT2D eigenvalue weighted by Crippen LogP contribution is -2.33. The summed E-state index contributed by atoms with van der Waals surface area (Å²) in [5.41, 5.74) is 6.14. The Bertz CT molecular complexity index is 599. The number of amides is 1. The molecule has 6 heteroatoms. The van der Waals surface area contributed by atoms with Crippen molar-refractivity contribution in [2.75, 3.05) is 18.0 Å². The van der Waals surface area contributed by atoms with Gasteiger partial charge in [0.15, 0.2) is 0 Å². The summed E-state index contributed by atoms with van der Waals surface area (Å²) >= 11 is 0. The Balaban J connectivity index is 2.28. The molecule has 0 saturated heterocycles. The van der Waals surface area contributed by atoms with E-state index in [1.807, 2.05) is 0 Å². The fourth-order valence-corrected chi connectivity index (χ4v) is 1.86. The molecule has 2 rings (SSSR count). The number of nitrogens with zero attached hydrogens (tertiary/aromatic N) is 2. The van der Waals surface area contributed by atoms with Gasteiger partial charge in [-0.2, -0.15) is 0 Å². The van der Waals surface area contributed by atoms with Gasteiger partial charge in [-0.1, -0.05) is 0 Å². The lowest BCUT2D eigenvalue weighted by atomic mass is 10.2. The molecule has 0 unspecified atom stereocenters. The van der Waals surface area contributed by atoms with Crippen LogP contribution in [0.25, 0.3) is 0 Å². The van der Waals surface area contributed by atoms with E-state index in [2.05, 4.69) is 4.98 Å². The number of rotatable bonds is 5. The van der Waals surface area contributed by atoms with Gasteiger partial charge in [-0.25, -0.2) is 13.8 Å². The Labute approximate surface area is 121 Å². The van der Waals surface area contributed by atoms with Crippen molar-refractivity contribution in [2.24, 2.45) is 5.73 Å². The summed E-state index contributed by atoms with van der Waals surface area (Å²) in [7, 11) is 0. The number of halogens is 2. The maximum absolute atomic E-state index is 13.0. The van der Waals surface area contributed by atoms with E-state index in [0.29, 0.717) is 25.2 Å². The molecule has 0 spiro atoms. The number of benzene rings is 1. The topological polar surface area (TPSA) is 59.2 Å². The van der Waals surface area contributed by atoms with Gasteiger partial charge in [0.2, 0.25) is 0 Å². The molecule has 21 heavy (non-hydrogen) atoms. The molecule has 0 radical (unpaired) electrons. The van der Waals surface area contributed by atoms with E-state index in [1.165, 1.54) is 41.3 Å². The first-order chi connectivity index (χ1) is 10.1. The van der Waals surface area contributed by atoms with E-state index in [-0.39, 0.29) is 17.4 Å². The van der Waals surface area contributed by atoms with Gasteiger partial charge >= 0.3 is 0 Å². The van der Waals surface area contributed by atoms with E-state index in [4.69, 9.17) is 5.73 Å². The fraction of sp³-hybridized carbons (Fsp3) is 0.200. The maximum atomic E-state index is 13.0. The van der Waals surface area contributed by atoms with Gasteiger partial charge in [-0.3, -0.25) is 4.79 Å². The van der Waals surface area contributed by atoms with Crippen LogP contribution in [0.2, 0.25) is 0 Å². The minimum Gasteiger partial charge on any atom is -0.330 e. The standard InChI is InChI=1S/C15H15F2N3O/c16-11-2-5-13(6-3-11)20(9-1-8-18)15(21)14-7-4-12(17)10-19-14/h2-7,10H,1,8-9,18H2. The zero-order chi connectivity index (χ0) is 15.2. The molecule has 1 heterocycles. The Morgan fingerprint density at radius 3 is 2.33 bits per heavy atom. The van der Waals surface area contributed by atoms with Crippen molar-refractivity contribution in [1.29, 1.82) is 0 Å². The smallest absolute Gasteiger partial charge is 0.276 e. The highest BCUT2D eigenvalue weighted by molar-refractivity contribution is 6.04. The number of hydrogen-bond acceptors (Lipinski definition) is 3. The highest BCUT2D eigenvalue weighted by Gasteiger charge is 2.18. The van der Waals surface area contributed by atoms with Crippen molar-refractivity contribution in [3.05, 3.63) is 59.9 Å². The molecule has 0 aliphatic rings. The van der Waals surface area contributed by atoms with Gasteiger partial charge in [0.1, 0.15) is 17.3 Å². The number of pyridine rings is 1. The van der Waals surface area contributed by atoms with Gasteiger partial charge in [0.05, 0.1) is 6.20 Å². The van der Waals surface area contributed by atoms with Crippen molar-refractivity contribution >= 4 is 11.6 Å². The molecule has 0 saturated carbocycles. The number of anilines is 1. The summed E-state index contributed by atoms with van der Waals surface area (Å²) in [4.78, 5) is 17.7. The maximum Gasteiger partial charge on any atom is 0.276 e. The number of nitrogens with two attached hydrogens (primary N) is 1. The van der Waals surface area contributed by atoms with Crippen molar-refractivity contribution in [1.82, 2.24) is 4.98 Å². The molecule has 0 aliphatic heterocycles. The molecule has 1 aromatic carbocycles. The first-order valence-corrected chi connectivity index (χ1v) is 6.51. The molecule has 1 aromatic heterocycles. The molecule has 0 atom stereocenters. The first-order valence-electron chi connectivity index (χ1n) is 6.51. The highest BCUT2D eigenvalue weighted by atomic mass is 19.1. The monoisotopic (exact) mass is 291 g/mol. The normalized spacial score (nSPS) is 10.4. The Hall–Kier alpha value is -2.34. The molecule has 0 bridgehead atoms. The predicted molar refractivity (Wildman–Crippen MR) is 75.9 cm³/mol. The van der Waals surface area contributed by atoms with Crippen LogP contribution in [0.1, 0.15) is 16.9 Å². The average Bonchev–Trinajstić information content (AvgIpc) is 2.50. The van der Waals surface area contributed by atoms with Gasteiger partial charge < -0.3 is 10.6 Å². The van der Waals surface area contributed by atoms with Crippen LogP contribution in [0.5, 0.6) is 0 Å². The molecular formula is C15H15F2N3O. The minimum atomic E-state index is -0.512. The van der Waals surface area contributed by atoms with Gasteiger partial charge in [-0.05, 0) is 49.4 Å². The second-order valence-electron chi connectivity index (χ2n) is 4.44. The zero-order valence-corrected chi connectivity index (χ0v) is 11.3. The molecular weight excluding hydrogens is 276 g/mol. The molecule has 2 aromatic rings. The van der Waals surface area contributed by atoms with E-state index >= 15 is 0 Å². The number of carbonyl (C=O) groups is 1. The second kappa shape index (κ2) is 6.90. The predicted octanol–water partition coefficient (Wildman–Crippen LogP) is 2.36. The van der Waals surface area contributed by atoms with Crippen LogP contribution in [0.4, 0.5) is 14.5 Å². The second-order valence-corrected chi connectivity index (χ2v) is 4.44. The number of carbonyl (C=O) groups excluding carboxylic acids is 1. The van der Waals surface area contributed by atoms with Crippen LogP contribution >= 0.6 is 0 Å². The van der Waals surface area contributed by atoms with Crippen LogP contribution in [0, 0.1) is 11.6 Å². The highest BCUT2D eigenvalue weighted by Crippen LogP contribution is 2.17. The third-order valence-corrected chi connectivity index (χ3v) is 2.92. The van der Waals surface area contributed by atoms with Crippen LogP contribution in [-0.4, -0.2) is 24.0 Å². The summed E-state index contributed by atoms with van der Waals surface area (Å²) in [6, 6.07) is 8.05. The third kappa shape index (κ3) is 3.82. The van der Waals surface area contributed by atoms with E-state index in [1.54, 1.807) is 0 Å². The largest absolute Gasteiger partial charge is 0.330 e. The van der Waals surface area contributed by atoms with Crippen molar-refractivity contribution in [3.8, 4) is 0 Å². The van der Waals surface area contributed by atoms with Crippen molar-refractivity contribution < 1.29 is 13.6 Å². The minimum absolute atomic E-state index is 0.123. The zero-order valence-electron chi connectivity index (χ0n) is 11.3. The van der Waals surface area contributed by atoms with Crippen LogP contribution in [-0.2, 0) is 0 Å². The van der Waals surface area contributed by atoms with Crippen LogP contribution in [0.3, 0.4) is 0 Å². The van der Waals surface area contributed by atoms with E-state index in [9.17, 15) is 13.6 Å². The number of aromatic nitrogens is 1. The Morgan fingerprint density at radius 1 is 1.10 bits per heavy atom. The van der Waals surface area contributed by atoms with Crippen molar-refractivity contribution in [2.45, 2.75) is 6.42 Å². The summed E-state index contributed by atoms with van der Waals surface area (Å²) in [6.07, 6.45) is 1.57.